The van der Waals surface area contributed by atoms with E-state index in [0.29, 0.717) is 5.78 Å². The maximum atomic E-state index is 11.2. The first-order chi connectivity index (χ1) is 6.57. The molecule has 1 unspecified atom stereocenters. The van der Waals surface area contributed by atoms with Gasteiger partial charge in [0.1, 0.15) is 5.78 Å². The lowest BCUT2D eigenvalue weighted by Gasteiger charge is -2.21. The van der Waals surface area contributed by atoms with Crippen molar-refractivity contribution < 1.29 is 4.79 Å². The molecule has 0 N–H and O–H groups in total. The van der Waals surface area contributed by atoms with Crippen LogP contribution in [0, 0.1) is 5.41 Å². The van der Waals surface area contributed by atoms with Gasteiger partial charge in [0.2, 0.25) is 0 Å². The van der Waals surface area contributed by atoms with Crippen LogP contribution in [0.3, 0.4) is 0 Å². The number of rotatable bonds is 2. The Kier molecular flexibility index (Phi) is 2.67. The van der Waals surface area contributed by atoms with E-state index in [0.717, 1.165) is 30.0 Å². The molecule has 0 bridgehead atoms. The molecule has 3 heteroatoms. The Morgan fingerprint density at radius 3 is 2.86 bits per heavy atom. The highest BCUT2D eigenvalue weighted by atomic mass is 35.5. The summed E-state index contributed by atoms with van der Waals surface area (Å²) in [6, 6.07) is 4.00. The lowest BCUT2D eigenvalue weighted by Crippen LogP contribution is -2.14. The fourth-order valence-corrected chi connectivity index (χ4v) is 3.42. The van der Waals surface area contributed by atoms with Crippen LogP contribution in [-0.4, -0.2) is 5.78 Å². The Labute approximate surface area is 93.1 Å². The number of hydrogen-bond donors (Lipinski definition) is 0. The summed E-state index contributed by atoms with van der Waals surface area (Å²) in [6.07, 6.45) is 3.52. The van der Waals surface area contributed by atoms with Crippen molar-refractivity contribution in [3.8, 4) is 0 Å². The van der Waals surface area contributed by atoms with Crippen LogP contribution < -0.4 is 0 Å². The fourth-order valence-electron chi connectivity index (χ4n) is 2.11. The number of Topliss-reactive ketones (excluding diaryl/α,β-unsaturated/α-hetero) is 1. The summed E-state index contributed by atoms with van der Waals surface area (Å²) in [5.74, 6) is 0.412. The van der Waals surface area contributed by atoms with Gasteiger partial charge < -0.3 is 0 Å². The molecule has 1 aliphatic rings. The van der Waals surface area contributed by atoms with Gasteiger partial charge in [0, 0.05) is 17.7 Å². The maximum absolute atomic E-state index is 11.2. The molecule has 1 aromatic heterocycles. The van der Waals surface area contributed by atoms with E-state index in [2.05, 4.69) is 13.0 Å². The van der Waals surface area contributed by atoms with Crippen LogP contribution in [0.4, 0.5) is 0 Å². The summed E-state index contributed by atoms with van der Waals surface area (Å²) in [7, 11) is 0. The van der Waals surface area contributed by atoms with Crippen LogP contribution in [0.25, 0.3) is 0 Å². The molecule has 76 valence electrons. The molecule has 0 saturated heterocycles. The summed E-state index contributed by atoms with van der Waals surface area (Å²) in [4.78, 5) is 12.5. The first-order valence-electron chi connectivity index (χ1n) is 4.83. The first kappa shape index (κ1) is 10.2. The normalized spacial score (nSPS) is 27.1. The van der Waals surface area contributed by atoms with Gasteiger partial charge in [0.05, 0.1) is 4.34 Å². The zero-order chi connectivity index (χ0) is 10.2. The molecule has 1 nitrogen and oxygen atoms in total. The Hall–Kier alpha value is -0.340. The van der Waals surface area contributed by atoms with E-state index >= 15 is 0 Å². The summed E-state index contributed by atoms with van der Waals surface area (Å²) in [5.41, 5.74) is 0.186. The summed E-state index contributed by atoms with van der Waals surface area (Å²) in [6.45, 7) is 2.20. The second-order valence-corrected chi connectivity index (χ2v) is 6.21. The second-order valence-electron chi connectivity index (χ2n) is 4.41. The number of carbonyl (C=O) groups excluding carboxylic acids is 1. The number of halogens is 1. The van der Waals surface area contributed by atoms with Crippen LogP contribution >= 0.6 is 22.9 Å². The molecule has 0 spiro atoms. The Morgan fingerprint density at radius 2 is 2.36 bits per heavy atom. The SMILES string of the molecule is CC1(Cc2ccc(Cl)s2)CCC(=O)C1. The molecule has 14 heavy (non-hydrogen) atoms. The van der Waals surface area contributed by atoms with Crippen molar-refractivity contribution in [2.24, 2.45) is 5.41 Å². The average Bonchev–Trinajstić information content (AvgIpc) is 2.60. The highest BCUT2D eigenvalue weighted by molar-refractivity contribution is 7.16. The highest BCUT2D eigenvalue weighted by Gasteiger charge is 2.34. The minimum absolute atomic E-state index is 0.186. The molecule has 1 aliphatic carbocycles. The molecule has 1 saturated carbocycles. The molecule has 0 radical (unpaired) electrons. The molecule has 2 rings (SSSR count). The standard InChI is InChI=1S/C11H13ClOS/c1-11(5-4-8(13)6-11)7-9-2-3-10(12)14-9/h2-3H,4-7H2,1H3. The summed E-state index contributed by atoms with van der Waals surface area (Å²) in [5, 5.41) is 0. The molecule has 0 amide bonds. The third-order valence-electron chi connectivity index (χ3n) is 2.86. The van der Waals surface area contributed by atoms with Gasteiger partial charge in [-0.1, -0.05) is 18.5 Å². The molecular weight excluding hydrogens is 216 g/mol. The average molecular weight is 229 g/mol. The Morgan fingerprint density at radius 1 is 1.57 bits per heavy atom. The van der Waals surface area contributed by atoms with E-state index in [1.807, 2.05) is 6.07 Å². The molecule has 1 aromatic rings. The zero-order valence-corrected chi connectivity index (χ0v) is 9.75. The van der Waals surface area contributed by atoms with Gasteiger partial charge in [-0.25, -0.2) is 0 Å². The molecule has 1 fully saturated rings. The third-order valence-corrected chi connectivity index (χ3v) is 4.09. The molecule has 1 heterocycles. The first-order valence-corrected chi connectivity index (χ1v) is 6.03. The minimum atomic E-state index is 0.186. The predicted molar refractivity (Wildman–Crippen MR) is 60.0 cm³/mol. The van der Waals surface area contributed by atoms with Gasteiger partial charge in [-0.15, -0.1) is 11.3 Å². The van der Waals surface area contributed by atoms with Crippen molar-refractivity contribution in [1.29, 1.82) is 0 Å². The van der Waals surface area contributed by atoms with Gasteiger partial charge in [0.25, 0.3) is 0 Å². The topological polar surface area (TPSA) is 17.1 Å². The van der Waals surface area contributed by atoms with Crippen LogP contribution in [-0.2, 0) is 11.2 Å². The number of carbonyl (C=O) groups is 1. The predicted octanol–water partition coefficient (Wildman–Crippen LogP) is 3.70. The Bertz CT molecular complexity index is 358. The number of hydrogen-bond acceptors (Lipinski definition) is 2. The highest BCUT2D eigenvalue weighted by Crippen LogP contribution is 2.40. The zero-order valence-electron chi connectivity index (χ0n) is 8.18. The van der Waals surface area contributed by atoms with E-state index in [9.17, 15) is 4.79 Å². The van der Waals surface area contributed by atoms with E-state index in [1.54, 1.807) is 11.3 Å². The van der Waals surface area contributed by atoms with Crippen molar-refractivity contribution in [2.45, 2.75) is 32.6 Å². The van der Waals surface area contributed by atoms with E-state index in [1.165, 1.54) is 4.88 Å². The summed E-state index contributed by atoms with van der Waals surface area (Å²) >= 11 is 7.50. The number of ketones is 1. The molecular formula is C11H13ClOS. The van der Waals surface area contributed by atoms with Gasteiger partial charge in [-0.2, -0.15) is 0 Å². The minimum Gasteiger partial charge on any atom is -0.300 e. The number of thiophene rings is 1. The monoisotopic (exact) mass is 228 g/mol. The molecule has 0 aromatic carbocycles. The van der Waals surface area contributed by atoms with E-state index < -0.39 is 0 Å². The maximum Gasteiger partial charge on any atom is 0.133 e. The van der Waals surface area contributed by atoms with Crippen LogP contribution in [0.15, 0.2) is 12.1 Å². The van der Waals surface area contributed by atoms with E-state index in [4.69, 9.17) is 11.6 Å². The molecule has 1 atom stereocenters. The Balaban J connectivity index is 2.07. The lowest BCUT2D eigenvalue weighted by molar-refractivity contribution is -0.117. The molecule has 0 aliphatic heterocycles. The van der Waals surface area contributed by atoms with Gasteiger partial charge in [0.15, 0.2) is 0 Å². The van der Waals surface area contributed by atoms with Crippen LogP contribution in [0.5, 0.6) is 0 Å². The van der Waals surface area contributed by atoms with Crippen molar-refractivity contribution in [1.82, 2.24) is 0 Å². The third kappa shape index (κ3) is 2.18. The van der Waals surface area contributed by atoms with Crippen LogP contribution in [0.2, 0.25) is 4.34 Å². The fraction of sp³-hybridized carbons (Fsp3) is 0.545. The quantitative estimate of drug-likeness (QED) is 0.755. The smallest absolute Gasteiger partial charge is 0.133 e. The van der Waals surface area contributed by atoms with Gasteiger partial charge in [-0.3, -0.25) is 4.79 Å². The van der Waals surface area contributed by atoms with Crippen LogP contribution in [0.1, 0.15) is 31.1 Å². The van der Waals surface area contributed by atoms with Crippen molar-refractivity contribution in [3.05, 3.63) is 21.3 Å². The van der Waals surface area contributed by atoms with Crippen molar-refractivity contribution >= 4 is 28.7 Å². The van der Waals surface area contributed by atoms with E-state index in [-0.39, 0.29) is 5.41 Å². The van der Waals surface area contributed by atoms with Gasteiger partial charge in [-0.05, 0) is 30.4 Å². The summed E-state index contributed by atoms with van der Waals surface area (Å²) < 4.78 is 0.841. The largest absolute Gasteiger partial charge is 0.300 e. The van der Waals surface area contributed by atoms with Crippen molar-refractivity contribution in [2.75, 3.05) is 0 Å². The second kappa shape index (κ2) is 3.67. The lowest BCUT2D eigenvalue weighted by atomic mass is 9.84. The van der Waals surface area contributed by atoms with Gasteiger partial charge >= 0.3 is 0 Å². The van der Waals surface area contributed by atoms with Crippen molar-refractivity contribution in [3.63, 3.8) is 0 Å².